The van der Waals surface area contributed by atoms with E-state index in [2.05, 4.69) is 4.90 Å². The largest absolute Gasteiger partial charge is 0.507 e. The third kappa shape index (κ3) is 6.19. The van der Waals surface area contributed by atoms with Gasteiger partial charge in [0.05, 0.1) is 31.4 Å². The number of benzene rings is 3. The van der Waals surface area contributed by atoms with Gasteiger partial charge < -0.3 is 24.2 Å². The van der Waals surface area contributed by atoms with Crippen molar-refractivity contribution in [3.8, 4) is 17.2 Å². The zero-order chi connectivity index (χ0) is 27.9. The Hall–Kier alpha value is -4.14. The lowest BCUT2D eigenvalue weighted by Gasteiger charge is -2.31. The molecule has 2 aliphatic rings. The number of aliphatic hydroxyl groups is 1. The SMILES string of the molecule is CCCOc1cccc(/C(O)=C2\C(=O)C(=O)N(CCN3CCOCC3)C2c2cccc(Oc3ccccc3)c2)c1. The van der Waals surface area contributed by atoms with Crippen LogP contribution in [0.3, 0.4) is 0 Å². The van der Waals surface area contributed by atoms with Crippen LogP contribution in [0.2, 0.25) is 0 Å². The van der Waals surface area contributed by atoms with Crippen LogP contribution >= 0.6 is 0 Å². The molecule has 0 radical (unpaired) electrons. The van der Waals surface area contributed by atoms with E-state index in [4.69, 9.17) is 14.2 Å². The van der Waals surface area contributed by atoms with E-state index in [-0.39, 0.29) is 11.3 Å². The van der Waals surface area contributed by atoms with Crippen molar-refractivity contribution in [3.05, 3.63) is 95.6 Å². The molecule has 0 spiro atoms. The fraction of sp³-hybridized carbons (Fsp3) is 0.312. The van der Waals surface area contributed by atoms with E-state index in [0.29, 0.717) is 61.3 Å². The van der Waals surface area contributed by atoms with Gasteiger partial charge in [0.25, 0.3) is 11.7 Å². The third-order valence-electron chi connectivity index (χ3n) is 7.03. The summed E-state index contributed by atoms with van der Waals surface area (Å²) in [5.41, 5.74) is 1.15. The second-order valence-electron chi connectivity index (χ2n) is 9.81. The summed E-state index contributed by atoms with van der Waals surface area (Å²) in [6.45, 7) is 6.26. The summed E-state index contributed by atoms with van der Waals surface area (Å²) in [6, 6.07) is 22.9. The minimum Gasteiger partial charge on any atom is -0.507 e. The molecule has 208 valence electrons. The quantitative estimate of drug-likeness (QED) is 0.219. The molecular formula is C32H34N2O6. The summed E-state index contributed by atoms with van der Waals surface area (Å²) in [6.07, 6.45) is 0.839. The van der Waals surface area contributed by atoms with Crippen LogP contribution in [0, 0.1) is 0 Å². The van der Waals surface area contributed by atoms with Gasteiger partial charge in [-0.05, 0) is 48.4 Å². The number of ether oxygens (including phenoxy) is 3. The molecule has 0 saturated carbocycles. The molecule has 3 aromatic carbocycles. The van der Waals surface area contributed by atoms with Gasteiger partial charge in [0, 0.05) is 31.7 Å². The molecule has 0 aromatic heterocycles. The molecule has 2 heterocycles. The van der Waals surface area contributed by atoms with Crippen molar-refractivity contribution >= 4 is 17.4 Å². The van der Waals surface area contributed by atoms with Crippen LogP contribution in [-0.4, -0.2) is 72.6 Å². The Morgan fingerprint density at radius 1 is 0.900 bits per heavy atom. The fourth-order valence-corrected chi connectivity index (χ4v) is 5.01. The molecule has 2 aliphatic heterocycles. The molecule has 3 aromatic rings. The van der Waals surface area contributed by atoms with Crippen LogP contribution in [-0.2, 0) is 14.3 Å². The van der Waals surface area contributed by atoms with E-state index in [1.807, 2.05) is 61.5 Å². The zero-order valence-corrected chi connectivity index (χ0v) is 22.6. The Labute approximate surface area is 234 Å². The van der Waals surface area contributed by atoms with Crippen LogP contribution in [0.4, 0.5) is 0 Å². The number of nitrogens with zero attached hydrogens (tertiary/aromatic N) is 2. The lowest BCUT2D eigenvalue weighted by Crippen LogP contribution is -2.42. The van der Waals surface area contributed by atoms with Gasteiger partial charge in [0.2, 0.25) is 0 Å². The molecule has 1 unspecified atom stereocenters. The first-order valence-electron chi connectivity index (χ1n) is 13.7. The van der Waals surface area contributed by atoms with Crippen LogP contribution in [0.1, 0.15) is 30.5 Å². The summed E-state index contributed by atoms with van der Waals surface area (Å²) >= 11 is 0. The Balaban J connectivity index is 1.53. The number of carbonyl (C=O) groups is 2. The number of rotatable bonds is 10. The van der Waals surface area contributed by atoms with Crippen molar-refractivity contribution in [3.63, 3.8) is 0 Å². The zero-order valence-electron chi connectivity index (χ0n) is 22.6. The Kier molecular flexibility index (Phi) is 8.78. The molecule has 8 heteroatoms. The number of hydrogen-bond donors (Lipinski definition) is 1. The maximum atomic E-state index is 13.5. The Bertz CT molecular complexity index is 1370. The number of ketones is 1. The van der Waals surface area contributed by atoms with Crippen molar-refractivity contribution < 1.29 is 28.9 Å². The second kappa shape index (κ2) is 12.8. The summed E-state index contributed by atoms with van der Waals surface area (Å²) in [7, 11) is 0. The molecule has 0 aliphatic carbocycles. The van der Waals surface area contributed by atoms with E-state index in [9.17, 15) is 14.7 Å². The first-order valence-corrected chi connectivity index (χ1v) is 13.7. The van der Waals surface area contributed by atoms with Gasteiger partial charge in [-0.3, -0.25) is 14.5 Å². The van der Waals surface area contributed by atoms with E-state index in [1.54, 1.807) is 29.2 Å². The number of amides is 1. The average molecular weight is 543 g/mol. The molecule has 1 N–H and O–H groups in total. The van der Waals surface area contributed by atoms with Gasteiger partial charge in [-0.2, -0.15) is 0 Å². The first-order chi connectivity index (χ1) is 19.5. The van der Waals surface area contributed by atoms with Gasteiger partial charge in [-0.15, -0.1) is 0 Å². The van der Waals surface area contributed by atoms with Gasteiger partial charge in [-0.25, -0.2) is 0 Å². The van der Waals surface area contributed by atoms with Gasteiger partial charge >= 0.3 is 0 Å². The Morgan fingerprint density at radius 2 is 1.62 bits per heavy atom. The first kappa shape index (κ1) is 27.4. The monoisotopic (exact) mass is 542 g/mol. The van der Waals surface area contributed by atoms with E-state index < -0.39 is 17.7 Å². The summed E-state index contributed by atoms with van der Waals surface area (Å²) < 4.78 is 17.2. The van der Waals surface area contributed by atoms with E-state index in [1.165, 1.54) is 0 Å². The predicted octanol–water partition coefficient (Wildman–Crippen LogP) is 5.02. The summed E-state index contributed by atoms with van der Waals surface area (Å²) in [5, 5.41) is 11.5. The fourth-order valence-electron chi connectivity index (χ4n) is 5.01. The molecule has 0 bridgehead atoms. The van der Waals surface area contributed by atoms with Gasteiger partial charge in [0.15, 0.2) is 0 Å². The van der Waals surface area contributed by atoms with Crippen molar-refractivity contribution in [2.75, 3.05) is 46.0 Å². The molecule has 2 fully saturated rings. The maximum absolute atomic E-state index is 13.5. The van der Waals surface area contributed by atoms with E-state index in [0.717, 1.165) is 19.5 Å². The highest BCUT2D eigenvalue weighted by Crippen LogP contribution is 2.41. The van der Waals surface area contributed by atoms with Crippen LogP contribution in [0.15, 0.2) is 84.4 Å². The highest BCUT2D eigenvalue weighted by molar-refractivity contribution is 6.46. The van der Waals surface area contributed by atoms with Crippen LogP contribution in [0.25, 0.3) is 5.76 Å². The Morgan fingerprint density at radius 3 is 2.40 bits per heavy atom. The number of para-hydroxylation sites is 1. The van der Waals surface area contributed by atoms with Gasteiger partial charge in [-0.1, -0.05) is 49.4 Å². The molecule has 8 nitrogen and oxygen atoms in total. The highest BCUT2D eigenvalue weighted by atomic mass is 16.5. The predicted molar refractivity (Wildman–Crippen MR) is 151 cm³/mol. The topological polar surface area (TPSA) is 88.5 Å². The summed E-state index contributed by atoms with van der Waals surface area (Å²) in [4.78, 5) is 30.7. The van der Waals surface area contributed by atoms with Gasteiger partial charge in [0.1, 0.15) is 23.0 Å². The summed E-state index contributed by atoms with van der Waals surface area (Å²) in [5.74, 6) is 0.254. The van der Waals surface area contributed by atoms with E-state index >= 15 is 0 Å². The number of Topliss-reactive ketones (excluding diaryl/α,β-unsaturated/α-hetero) is 1. The second-order valence-corrected chi connectivity index (χ2v) is 9.81. The van der Waals surface area contributed by atoms with Crippen molar-refractivity contribution in [1.29, 1.82) is 0 Å². The number of hydrogen-bond acceptors (Lipinski definition) is 7. The molecule has 1 atom stereocenters. The molecule has 2 saturated heterocycles. The minimum absolute atomic E-state index is 0.0523. The number of aliphatic hydroxyl groups excluding tert-OH is 1. The smallest absolute Gasteiger partial charge is 0.295 e. The molecule has 5 rings (SSSR count). The number of morpholine rings is 1. The number of likely N-dealkylation sites (tertiary alicyclic amines) is 1. The lowest BCUT2D eigenvalue weighted by atomic mass is 9.95. The molecule has 40 heavy (non-hydrogen) atoms. The standard InChI is InChI=1S/C32H34N2O6/c1-2-18-39-26-12-7-9-24(22-26)30(35)28-29(23-8-6-13-27(21-23)40-25-10-4-3-5-11-25)34(32(37)31(28)36)15-14-33-16-19-38-20-17-33/h3-13,21-22,29,35H,2,14-20H2,1H3/b30-28+. The molecular weight excluding hydrogens is 508 g/mol. The van der Waals surface area contributed by atoms with Crippen molar-refractivity contribution in [2.24, 2.45) is 0 Å². The maximum Gasteiger partial charge on any atom is 0.295 e. The molecule has 1 amide bonds. The van der Waals surface area contributed by atoms with Crippen molar-refractivity contribution in [1.82, 2.24) is 9.80 Å². The highest BCUT2D eigenvalue weighted by Gasteiger charge is 2.46. The van der Waals surface area contributed by atoms with Crippen LogP contribution < -0.4 is 9.47 Å². The normalized spacial score (nSPS) is 19.1. The number of carbonyl (C=O) groups excluding carboxylic acids is 2. The lowest BCUT2D eigenvalue weighted by molar-refractivity contribution is -0.140. The van der Waals surface area contributed by atoms with Crippen LogP contribution in [0.5, 0.6) is 17.2 Å². The minimum atomic E-state index is -0.777. The average Bonchev–Trinajstić information content (AvgIpc) is 3.25. The third-order valence-corrected chi connectivity index (χ3v) is 7.03. The van der Waals surface area contributed by atoms with Crippen molar-refractivity contribution in [2.45, 2.75) is 19.4 Å².